The molecule has 1 aromatic rings. The van der Waals surface area contributed by atoms with Gasteiger partial charge in [-0.3, -0.25) is 4.99 Å². The van der Waals surface area contributed by atoms with Crippen molar-refractivity contribution in [3.8, 4) is 5.75 Å². The van der Waals surface area contributed by atoms with E-state index in [4.69, 9.17) is 16.3 Å². The number of halogens is 2. The van der Waals surface area contributed by atoms with Crippen molar-refractivity contribution in [1.29, 1.82) is 0 Å². The molecular formula is C16H25ClIN3O3S. The molecule has 1 saturated heterocycles. The minimum atomic E-state index is -2.84. The Kier molecular flexibility index (Phi) is 9.29. The zero-order chi connectivity index (χ0) is 17.6. The van der Waals surface area contributed by atoms with Gasteiger partial charge in [0.25, 0.3) is 0 Å². The summed E-state index contributed by atoms with van der Waals surface area (Å²) >= 11 is 6.22. The van der Waals surface area contributed by atoms with Crippen molar-refractivity contribution in [2.75, 3.05) is 38.8 Å². The average molecular weight is 502 g/mol. The first kappa shape index (κ1) is 22.3. The van der Waals surface area contributed by atoms with Gasteiger partial charge in [-0.1, -0.05) is 17.7 Å². The Balaban J connectivity index is 0.00000312. The van der Waals surface area contributed by atoms with Crippen molar-refractivity contribution in [1.82, 2.24) is 10.6 Å². The number of nitrogens with zero attached hydrogens (tertiary/aromatic N) is 1. The highest BCUT2D eigenvalue weighted by Gasteiger charge is 2.27. The molecule has 1 fully saturated rings. The molecule has 1 unspecified atom stereocenters. The van der Waals surface area contributed by atoms with Gasteiger partial charge < -0.3 is 15.4 Å². The number of aliphatic imine (C=N–C) groups is 1. The van der Waals surface area contributed by atoms with Crippen LogP contribution in [0, 0.1) is 5.92 Å². The fraction of sp³-hybridized carbons (Fsp3) is 0.562. The Labute approximate surface area is 171 Å². The van der Waals surface area contributed by atoms with Crippen LogP contribution in [0.15, 0.2) is 23.2 Å². The predicted molar refractivity (Wildman–Crippen MR) is 113 cm³/mol. The highest BCUT2D eigenvalue weighted by Crippen LogP contribution is 2.22. The van der Waals surface area contributed by atoms with Gasteiger partial charge in [-0.2, -0.15) is 0 Å². The largest absolute Gasteiger partial charge is 0.497 e. The number of methoxy groups -OCH3 is 1. The molecule has 0 bridgehead atoms. The molecule has 0 aliphatic carbocycles. The van der Waals surface area contributed by atoms with E-state index >= 15 is 0 Å². The fourth-order valence-corrected chi connectivity index (χ4v) is 4.79. The number of nitrogens with one attached hydrogen (secondary N) is 2. The summed E-state index contributed by atoms with van der Waals surface area (Å²) in [5, 5.41) is 7.08. The van der Waals surface area contributed by atoms with Gasteiger partial charge in [0.2, 0.25) is 0 Å². The Hall–Kier alpha value is -0.740. The molecule has 1 aliphatic rings. The number of ether oxygens (including phenoxy) is 1. The van der Waals surface area contributed by atoms with Crippen LogP contribution in [0.25, 0.3) is 0 Å². The van der Waals surface area contributed by atoms with Gasteiger partial charge in [0.15, 0.2) is 15.8 Å². The molecule has 2 rings (SSSR count). The number of hydrogen-bond donors (Lipinski definition) is 2. The van der Waals surface area contributed by atoms with Gasteiger partial charge in [-0.05, 0) is 36.5 Å². The van der Waals surface area contributed by atoms with Crippen molar-refractivity contribution in [3.63, 3.8) is 0 Å². The van der Waals surface area contributed by atoms with Crippen molar-refractivity contribution < 1.29 is 13.2 Å². The lowest BCUT2D eigenvalue weighted by molar-refractivity contribution is 0.414. The number of benzene rings is 1. The van der Waals surface area contributed by atoms with Gasteiger partial charge in [-0.15, -0.1) is 24.0 Å². The van der Waals surface area contributed by atoms with E-state index in [2.05, 4.69) is 15.6 Å². The van der Waals surface area contributed by atoms with Crippen molar-refractivity contribution >= 4 is 51.4 Å². The lowest BCUT2D eigenvalue weighted by atomic mass is 10.1. The van der Waals surface area contributed by atoms with E-state index in [1.807, 2.05) is 12.1 Å². The van der Waals surface area contributed by atoms with Crippen LogP contribution >= 0.6 is 35.6 Å². The highest BCUT2D eigenvalue weighted by molar-refractivity contribution is 14.0. The lowest BCUT2D eigenvalue weighted by Gasteiger charge is -2.15. The number of guanidine groups is 1. The number of rotatable bonds is 6. The smallest absolute Gasteiger partial charge is 0.190 e. The van der Waals surface area contributed by atoms with E-state index in [0.29, 0.717) is 36.2 Å². The van der Waals surface area contributed by atoms with Gasteiger partial charge in [-0.25, -0.2) is 8.42 Å². The zero-order valence-corrected chi connectivity index (χ0v) is 18.3. The van der Waals surface area contributed by atoms with E-state index in [0.717, 1.165) is 17.7 Å². The molecule has 9 heteroatoms. The van der Waals surface area contributed by atoms with Crippen molar-refractivity contribution in [3.05, 3.63) is 28.8 Å². The molecule has 0 amide bonds. The molecule has 1 aliphatic heterocycles. The third-order valence-corrected chi connectivity index (χ3v) is 6.24. The summed E-state index contributed by atoms with van der Waals surface area (Å²) in [6.07, 6.45) is 1.47. The first-order chi connectivity index (χ1) is 11.4. The lowest BCUT2D eigenvalue weighted by Crippen LogP contribution is -2.40. The average Bonchev–Trinajstić information content (AvgIpc) is 2.91. The van der Waals surface area contributed by atoms with E-state index in [1.54, 1.807) is 20.2 Å². The molecule has 1 aromatic carbocycles. The summed E-state index contributed by atoms with van der Waals surface area (Å²) in [5.74, 6) is 2.12. The minimum Gasteiger partial charge on any atom is -0.497 e. The summed E-state index contributed by atoms with van der Waals surface area (Å²) in [6, 6.07) is 5.63. The monoisotopic (exact) mass is 501 g/mol. The van der Waals surface area contributed by atoms with Crippen LogP contribution in [0.5, 0.6) is 5.75 Å². The SMILES string of the molecule is CN=C(NCCc1ccc(OC)cc1Cl)NCC1CCS(=O)(=O)C1.I. The summed E-state index contributed by atoms with van der Waals surface area (Å²) in [5.41, 5.74) is 1.03. The van der Waals surface area contributed by atoms with Gasteiger partial charge in [0.1, 0.15) is 5.75 Å². The van der Waals surface area contributed by atoms with E-state index in [-0.39, 0.29) is 35.6 Å². The Morgan fingerprint density at radius 2 is 2.16 bits per heavy atom. The first-order valence-corrected chi connectivity index (χ1v) is 10.1. The molecule has 0 aromatic heterocycles. The molecule has 2 N–H and O–H groups in total. The van der Waals surface area contributed by atoms with Crippen LogP contribution in [0.4, 0.5) is 0 Å². The molecule has 1 heterocycles. The number of sulfone groups is 1. The standard InChI is InChI=1S/C16H24ClN3O3S.HI/c1-18-16(20-10-12-6-8-24(21,22)11-12)19-7-5-13-3-4-14(23-2)9-15(13)17;/h3-4,9,12H,5-8,10-11H2,1-2H3,(H2,18,19,20);1H. The molecule has 25 heavy (non-hydrogen) atoms. The van der Waals surface area contributed by atoms with Crippen LogP contribution in [-0.4, -0.2) is 53.1 Å². The molecule has 0 radical (unpaired) electrons. The van der Waals surface area contributed by atoms with E-state index in [1.165, 1.54) is 0 Å². The minimum absolute atomic E-state index is 0. The molecule has 0 spiro atoms. The summed E-state index contributed by atoms with van der Waals surface area (Å²) in [7, 11) is 0.466. The Morgan fingerprint density at radius 3 is 2.72 bits per heavy atom. The normalized spacial score (nSPS) is 19.2. The molecule has 0 saturated carbocycles. The van der Waals surface area contributed by atoms with Crippen LogP contribution in [0.1, 0.15) is 12.0 Å². The van der Waals surface area contributed by atoms with Gasteiger partial charge in [0, 0.05) is 25.2 Å². The maximum Gasteiger partial charge on any atom is 0.190 e. The van der Waals surface area contributed by atoms with Crippen LogP contribution < -0.4 is 15.4 Å². The molecular weight excluding hydrogens is 477 g/mol. The zero-order valence-electron chi connectivity index (χ0n) is 14.4. The third-order valence-electron chi connectivity index (χ3n) is 4.06. The third kappa shape index (κ3) is 7.18. The van der Waals surface area contributed by atoms with Crippen LogP contribution in [0.3, 0.4) is 0 Å². The van der Waals surface area contributed by atoms with Gasteiger partial charge >= 0.3 is 0 Å². The number of hydrogen-bond acceptors (Lipinski definition) is 4. The first-order valence-electron chi connectivity index (χ1n) is 7.91. The van der Waals surface area contributed by atoms with Crippen molar-refractivity contribution in [2.45, 2.75) is 12.8 Å². The second-order valence-corrected chi connectivity index (χ2v) is 8.49. The predicted octanol–water partition coefficient (Wildman–Crippen LogP) is 2.11. The quantitative estimate of drug-likeness (QED) is 0.355. The topological polar surface area (TPSA) is 79.8 Å². The summed E-state index contributed by atoms with van der Waals surface area (Å²) in [6.45, 7) is 1.29. The maximum atomic E-state index is 11.5. The van der Waals surface area contributed by atoms with Crippen LogP contribution in [0.2, 0.25) is 5.02 Å². The fourth-order valence-electron chi connectivity index (χ4n) is 2.67. The maximum absolute atomic E-state index is 11.5. The summed E-state index contributed by atoms with van der Waals surface area (Å²) < 4.78 is 28.1. The molecule has 1 atom stereocenters. The second kappa shape index (κ2) is 10.4. The van der Waals surface area contributed by atoms with E-state index in [9.17, 15) is 8.42 Å². The highest BCUT2D eigenvalue weighted by atomic mass is 127. The Morgan fingerprint density at radius 1 is 1.40 bits per heavy atom. The van der Waals surface area contributed by atoms with Gasteiger partial charge in [0.05, 0.1) is 18.6 Å². The molecule has 142 valence electrons. The van der Waals surface area contributed by atoms with E-state index < -0.39 is 9.84 Å². The molecule has 6 nitrogen and oxygen atoms in total. The van der Waals surface area contributed by atoms with Crippen molar-refractivity contribution in [2.24, 2.45) is 10.9 Å². The Bertz CT molecular complexity index is 698. The summed E-state index contributed by atoms with van der Waals surface area (Å²) in [4.78, 5) is 4.16. The second-order valence-electron chi connectivity index (χ2n) is 5.86. The van der Waals surface area contributed by atoms with Crippen LogP contribution in [-0.2, 0) is 16.3 Å².